The van der Waals surface area contributed by atoms with Crippen molar-refractivity contribution >= 4 is 11.9 Å². The quantitative estimate of drug-likeness (QED) is 0.634. The van der Waals surface area contributed by atoms with E-state index in [1.807, 2.05) is 39.0 Å². The van der Waals surface area contributed by atoms with Crippen LogP contribution in [0, 0.1) is 13.8 Å². The molecule has 0 bridgehead atoms. The van der Waals surface area contributed by atoms with E-state index in [2.05, 4.69) is 5.32 Å². The number of nitrogens with one attached hydrogen (secondary N) is 1. The summed E-state index contributed by atoms with van der Waals surface area (Å²) >= 11 is 0. The Morgan fingerprint density at radius 2 is 1.74 bits per heavy atom. The highest BCUT2D eigenvalue weighted by molar-refractivity contribution is 5.77. The van der Waals surface area contributed by atoms with E-state index >= 15 is 0 Å². The maximum Gasteiger partial charge on any atom is 0.311 e. The third-order valence-electron chi connectivity index (χ3n) is 2.59. The zero-order valence-corrected chi connectivity index (χ0v) is 11.8. The van der Waals surface area contributed by atoms with E-state index in [0.717, 1.165) is 11.1 Å². The number of carbonyl (C=O) groups is 2. The summed E-state index contributed by atoms with van der Waals surface area (Å²) in [6.07, 6.45) is 1.12. The molecular formula is C15H21NO3. The molecule has 1 rings (SSSR count). The van der Waals surface area contributed by atoms with Crippen LogP contribution in [0.15, 0.2) is 18.2 Å². The number of aryl methyl sites for hydroxylation is 2. The van der Waals surface area contributed by atoms with Crippen molar-refractivity contribution in [1.29, 1.82) is 0 Å². The first kappa shape index (κ1) is 15.2. The first-order valence-electron chi connectivity index (χ1n) is 6.57. The Morgan fingerprint density at radius 3 is 2.32 bits per heavy atom. The van der Waals surface area contributed by atoms with Gasteiger partial charge in [0.15, 0.2) is 0 Å². The lowest BCUT2D eigenvalue weighted by molar-refractivity contribution is -0.134. The second-order valence-electron chi connectivity index (χ2n) is 4.60. The molecule has 0 aliphatic carbocycles. The second kappa shape index (κ2) is 7.56. The number of ether oxygens (including phenoxy) is 1. The fraction of sp³-hybridized carbons (Fsp3) is 0.467. The zero-order valence-electron chi connectivity index (χ0n) is 11.8. The van der Waals surface area contributed by atoms with Gasteiger partial charge >= 0.3 is 5.97 Å². The van der Waals surface area contributed by atoms with E-state index in [9.17, 15) is 9.59 Å². The van der Waals surface area contributed by atoms with Crippen molar-refractivity contribution in [2.24, 2.45) is 0 Å². The SMILES string of the molecule is CCNC(=O)CCCC(=O)Oc1cc(C)cc(C)c1. The Labute approximate surface area is 114 Å². The van der Waals surface area contributed by atoms with Crippen LogP contribution in [0.2, 0.25) is 0 Å². The van der Waals surface area contributed by atoms with E-state index in [-0.39, 0.29) is 18.3 Å². The lowest BCUT2D eigenvalue weighted by Crippen LogP contribution is -2.22. The van der Waals surface area contributed by atoms with E-state index in [0.29, 0.717) is 25.1 Å². The first-order valence-corrected chi connectivity index (χ1v) is 6.57. The number of hydrogen-bond acceptors (Lipinski definition) is 3. The molecule has 104 valence electrons. The minimum absolute atomic E-state index is 0.0262. The number of esters is 1. The molecule has 0 aliphatic heterocycles. The molecule has 0 radical (unpaired) electrons. The summed E-state index contributed by atoms with van der Waals surface area (Å²) in [5.74, 6) is 0.247. The van der Waals surface area contributed by atoms with Gasteiger partial charge in [0.1, 0.15) is 5.75 Å². The molecule has 1 aromatic carbocycles. The number of hydrogen-bond donors (Lipinski definition) is 1. The molecule has 0 aliphatic rings. The number of amides is 1. The van der Waals surface area contributed by atoms with Crippen molar-refractivity contribution in [3.8, 4) is 5.75 Å². The van der Waals surface area contributed by atoms with Gasteiger partial charge in [-0.1, -0.05) is 6.07 Å². The highest BCUT2D eigenvalue weighted by atomic mass is 16.5. The molecule has 0 aromatic heterocycles. The fourth-order valence-electron chi connectivity index (χ4n) is 1.85. The predicted molar refractivity (Wildman–Crippen MR) is 74.1 cm³/mol. The largest absolute Gasteiger partial charge is 0.427 e. The summed E-state index contributed by atoms with van der Waals surface area (Å²) in [5.41, 5.74) is 2.12. The van der Waals surface area contributed by atoms with Gasteiger partial charge in [-0.25, -0.2) is 0 Å². The molecule has 0 heterocycles. The monoisotopic (exact) mass is 263 g/mol. The van der Waals surface area contributed by atoms with Crippen LogP contribution in [-0.4, -0.2) is 18.4 Å². The maximum atomic E-state index is 11.6. The van der Waals surface area contributed by atoms with Crippen LogP contribution in [0.1, 0.15) is 37.3 Å². The van der Waals surface area contributed by atoms with E-state index in [4.69, 9.17) is 4.74 Å². The Bertz CT molecular complexity index is 434. The van der Waals surface area contributed by atoms with Gasteiger partial charge < -0.3 is 10.1 Å². The van der Waals surface area contributed by atoms with Gasteiger partial charge in [-0.2, -0.15) is 0 Å². The van der Waals surface area contributed by atoms with Gasteiger partial charge in [-0.05, 0) is 50.5 Å². The topological polar surface area (TPSA) is 55.4 Å². The molecule has 0 saturated carbocycles. The number of rotatable bonds is 6. The van der Waals surface area contributed by atoms with Crippen molar-refractivity contribution in [3.05, 3.63) is 29.3 Å². The van der Waals surface area contributed by atoms with Crippen molar-refractivity contribution in [3.63, 3.8) is 0 Å². The summed E-state index contributed by atoms with van der Waals surface area (Å²) in [6.45, 7) is 6.40. The maximum absolute atomic E-state index is 11.6. The second-order valence-corrected chi connectivity index (χ2v) is 4.60. The summed E-state index contributed by atoms with van der Waals surface area (Å²) < 4.78 is 5.25. The Balaban J connectivity index is 2.37. The molecule has 1 N–H and O–H groups in total. The molecule has 4 nitrogen and oxygen atoms in total. The van der Waals surface area contributed by atoms with Crippen LogP contribution in [0.3, 0.4) is 0 Å². The van der Waals surface area contributed by atoms with Crippen molar-refractivity contribution in [2.75, 3.05) is 6.54 Å². The van der Waals surface area contributed by atoms with Crippen molar-refractivity contribution in [2.45, 2.75) is 40.0 Å². The smallest absolute Gasteiger partial charge is 0.311 e. The van der Waals surface area contributed by atoms with Crippen molar-refractivity contribution in [1.82, 2.24) is 5.32 Å². The fourth-order valence-corrected chi connectivity index (χ4v) is 1.85. The molecule has 1 aromatic rings. The zero-order chi connectivity index (χ0) is 14.3. The summed E-state index contributed by atoms with van der Waals surface area (Å²) in [5, 5.41) is 2.69. The van der Waals surface area contributed by atoms with Crippen LogP contribution in [-0.2, 0) is 9.59 Å². The number of benzene rings is 1. The van der Waals surface area contributed by atoms with Crippen LogP contribution in [0.25, 0.3) is 0 Å². The van der Waals surface area contributed by atoms with Crippen LogP contribution >= 0.6 is 0 Å². The van der Waals surface area contributed by atoms with Crippen LogP contribution in [0.4, 0.5) is 0 Å². The van der Waals surface area contributed by atoms with Gasteiger partial charge in [0, 0.05) is 19.4 Å². The van der Waals surface area contributed by atoms with Gasteiger partial charge in [-0.3, -0.25) is 9.59 Å². The van der Waals surface area contributed by atoms with Crippen molar-refractivity contribution < 1.29 is 14.3 Å². The molecule has 1 amide bonds. The van der Waals surface area contributed by atoms with Gasteiger partial charge in [-0.15, -0.1) is 0 Å². The Morgan fingerprint density at radius 1 is 1.11 bits per heavy atom. The normalized spacial score (nSPS) is 10.1. The molecule has 4 heteroatoms. The summed E-state index contributed by atoms with van der Waals surface area (Å²) in [4.78, 5) is 22.8. The van der Waals surface area contributed by atoms with Gasteiger partial charge in [0.05, 0.1) is 0 Å². The molecule has 0 saturated heterocycles. The molecule has 0 atom stereocenters. The molecule has 19 heavy (non-hydrogen) atoms. The highest BCUT2D eigenvalue weighted by Crippen LogP contribution is 2.17. The minimum Gasteiger partial charge on any atom is -0.427 e. The Kier molecular flexibility index (Phi) is 6.06. The van der Waals surface area contributed by atoms with E-state index in [1.54, 1.807) is 0 Å². The number of carbonyl (C=O) groups excluding carboxylic acids is 2. The lowest BCUT2D eigenvalue weighted by atomic mass is 10.1. The van der Waals surface area contributed by atoms with Gasteiger partial charge in [0.2, 0.25) is 5.91 Å². The highest BCUT2D eigenvalue weighted by Gasteiger charge is 2.07. The summed E-state index contributed by atoms with van der Waals surface area (Å²) in [7, 11) is 0. The van der Waals surface area contributed by atoms with Gasteiger partial charge in [0.25, 0.3) is 0 Å². The van der Waals surface area contributed by atoms with Crippen LogP contribution < -0.4 is 10.1 Å². The lowest BCUT2D eigenvalue weighted by Gasteiger charge is -2.06. The molecular weight excluding hydrogens is 242 g/mol. The standard InChI is InChI=1S/C15H21NO3/c1-4-16-14(17)6-5-7-15(18)19-13-9-11(2)8-12(3)10-13/h8-10H,4-7H2,1-3H3,(H,16,17). The minimum atomic E-state index is -0.297. The van der Waals surface area contributed by atoms with E-state index < -0.39 is 0 Å². The Hall–Kier alpha value is -1.84. The molecule has 0 unspecified atom stereocenters. The average Bonchev–Trinajstić information content (AvgIpc) is 2.27. The van der Waals surface area contributed by atoms with Crippen LogP contribution in [0.5, 0.6) is 5.75 Å². The predicted octanol–water partition coefficient (Wildman–Crippen LogP) is 2.52. The molecule has 0 fully saturated rings. The third kappa shape index (κ3) is 6.04. The first-order chi connectivity index (χ1) is 9.01. The average molecular weight is 263 g/mol. The molecule has 0 spiro atoms. The third-order valence-corrected chi connectivity index (χ3v) is 2.59. The van der Waals surface area contributed by atoms with E-state index in [1.165, 1.54) is 0 Å². The summed E-state index contributed by atoms with van der Waals surface area (Å²) in [6, 6.07) is 5.68.